The van der Waals surface area contributed by atoms with Crippen LogP contribution in [0.1, 0.15) is 28.9 Å². The molecule has 0 radical (unpaired) electrons. The van der Waals surface area contributed by atoms with Crippen molar-refractivity contribution in [3.05, 3.63) is 77.6 Å². The first-order valence-electron chi connectivity index (χ1n) is 7.40. The Bertz CT molecular complexity index is 871. The van der Waals surface area contributed by atoms with Gasteiger partial charge in [-0.3, -0.25) is 4.79 Å². The molecule has 0 aromatic heterocycles. The van der Waals surface area contributed by atoms with E-state index in [9.17, 15) is 9.18 Å². The van der Waals surface area contributed by atoms with Gasteiger partial charge in [0.15, 0.2) is 0 Å². The van der Waals surface area contributed by atoms with Crippen molar-refractivity contribution in [3.63, 3.8) is 0 Å². The average molecular weight is 308 g/mol. The van der Waals surface area contributed by atoms with E-state index >= 15 is 0 Å². The Hall–Kier alpha value is -2.88. The molecule has 1 amide bonds. The molecule has 0 fully saturated rings. The number of rotatable bonds is 3. The van der Waals surface area contributed by atoms with Crippen LogP contribution in [0, 0.1) is 5.82 Å². The van der Waals surface area contributed by atoms with Crippen molar-refractivity contribution < 1.29 is 9.18 Å². The minimum atomic E-state index is -0.582. The highest BCUT2D eigenvalue weighted by atomic mass is 19.1. The lowest BCUT2D eigenvalue weighted by atomic mass is 9.99. The van der Waals surface area contributed by atoms with Crippen molar-refractivity contribution in [1.82, 2.24) is 5.32 Å². The van der Waals surface area contributed by atoms with Crippen LogP contribution in [0.2, 0.25) is 0 Å². The maximum absolute atomic E-state index is 13.8. The summed E-state index contributed by atoms with van der Waals surface area (Å²) in [5.41, 5.74) is 6.93. The van der Waals surface area contributed by atoms with Crippen LogP contribution in [0.25, 0.3) is 10.8 Å². The van der Waals surface area contributed by atoms with Gasteiger partial charge in [-0.2, -0.15) is 0 Å². The minimum absolute atomic E-state index is 0.0444. The van der Waals surface area contributed by atoms with E-state index in [0.29, 0.717) is 5.69 Å². The number of carbonyl (C=O) groups is 1. The molecule has 0 spiro atoms. The predicted octanol–water partition coefficient (Wildman–Crippen LogP) is 4.05. The molecule has 0 aliphatic rings. The number of halogens is 1. The third-order valence-electron chi connectivity index (χ3n) is 3.87. The number of nitrogens with one attached hydrogen (secondary N) is 1. The SMILES string of the molecule is CC(NC(=O)c1cc(N)ccc1F)c1cccc2ccccc12. The highest BCUT2D eigenvalue weighted by Crippen LogP contribution is 2.24. The van der Waals surface area contributed by atoms with Crippen LogP contribution in [0.4, 0.5) is 10.1 Å². The van der Waals surface area contributed by atoms with Gasteiger partial charge >= 0.3 is 0 Å². The summed E-state index contributed by atoms with van der Waals surface area (Å²) in [5, 5.41) is 5.00. The van der Waals surface area contributed by atoms with Crippen molar-refractivity contribution in [1.29, 1.82) is 0 Å². The Morgan fingerprint density at radius 3 is 2.65 bits per heavy atom. The van der Waals surface area contributed by atoms with Gasteiger partial charge in [-0.15, -0.1) is 0 Å². The molecular weight excluding hydrogens is 291 g/mol. The standard InChI is InChI=1S/C19H17FN2O/c1-12(15-8-4-6-13-5-2-3-7-16(13)15)22-19(23)17-11-14(21)9-10-18(17)20/h2-12H,21H2,1H3,(H,22,23). The second-order valence-corrected chi connectivity index (χ2v) is 5.50. The van der Waals surface area contributed by atoms with E-state index in [4.69, 9.17) is 5.73 Å². The van der Waals surface area contributed by atoms with E-state index in [1.165, 1.54) is 18.2 Å². The summed E-state index contributed by atoms with van der Waals surface area (Å²) < 4.78 is 13.8. The zero-order valence-electron chi connectivity index (χ0n) is 12.7. The number of hydrogen-bond donors (Lipinski definition) is 2. The molecule has 3 aromatic carbocycles. The van der Waals surface area contributed by atoms with E-state index in [-0.39, 0.29) is 11.6 Å². The molecular formula is C19H17FN2O. The first kappa shape index (κ1) is 15.0. The number of benzene rings is 3. The summed E-state index contributed by atoms with van der Waals surface area (Å²) in [6, 6.07) is 17.6. The first-order chi connectivity index (χ1) is 11.1. The normalized spacial score (nSPS) is 12.1. The highest BCUT2D eigenvalue weighted by molar-refractivity contribution is 5.96. The summed E-state index contributed by atoms with van der Waals surface area (Å²) in [5.74, 6) is -1.06. The Balaban J connectivity index is 1.90. The largest absolute Gasteiger partial charge is 0.399 e. The molecule has 23 heavy (non-hydrogen) atoms. The summed E-state index contributed by atoms with van der Waals surface area (Å²) in [7, 11) is 0. The third-order valence-corrected chi connectivity index (χ3v) is 3.87. The van der Waals surface area contributed by atoms with Crippen LogP contribution in [-0.4, -0.2) is 5.91 Å². The molecule has 0 saturated carbocycles. The zero-order chi connectivity index (χ0) is 16.4. The van der Waals surface area contributed by atoms with Gasteiger partial charge in [0.05, 0.1) is 11.6 Å². The molecule has 0 saturated heterocycles. The molecule has 0 heterocycles. The maximum atomic E-state index is 13.8. The summed E-state index contributed by atoms with van der Waals surface area (Å²) in [6.45, 7) is 1.88. The van der Waals surface area contributed by atoms with E-state index in [2.05, 4.69) is 5.32 Å². The second kappa shape index (κ2) is 6.08. The highest BCUT2D eigenvalue weighted by Gasteiger charge is 2.16. The molecule has 3 rings (SSSR count). The van der Waals surface area contributed by atoms with Crippen LogP contribution in [0.15, 0.2) is 60.7 Å². The Morgan fingerprint density at radius 2 is 1.83 bits per heavy atom. The number of nitrogen functional groups attached to an aromatic ring is 1. The van der Waals surface area contributed by atoms with Crippen LogP contribution in [-0.2, 0) is 0 Å². The summed E-state index contributed by atoms with van der Waals surface area (Å²) >= 11 is 0. The molecule has 3 aromatic rings. The fraction of sp³-hybridized carbons (Fsp3) is 0.105. The number of carbonyl (C=O) groups excluding carboxylic acids is 1. The summed E-state index contributed by atoms with van der Waals surface area (Å²) in [6.07, 6.45) is 0. The van der Waals surface area contributed by atoms with Gasteiger partial charge in [-0.25, -0.2) is 4.39 Å². The molecule has 1 atom stereocenters. The fourth-order valence-electron chi connectivity index (χ4n) is 2.70. The molecule has 0 aliphatic heterocycles. The van der Waals surface area contributed by atoms with Crippen LogP contribution in [0.5, 0.6) is 0 Å². The van der Waals surface area contributed by atoms with Gasteiger partial charge in [0.1, 0.15) is 5.82 Å². The molecule has 3 N–H and O–H groups in total. The van der Waals surface area contributed by atoms with Crippen molar-refractivity contribution in [2.24, 2.45) is 0 Å². The minimum Gasteiger partial charge on any atom is -0.399 e. The lowest BCUT2D eigenvalue weighted by molar-refractivity contribution is 0.0936. The Morgan fingerprint density at radius 1 is 1.09 bits per heavy atom. The van der Waals surface area contributed by atoms with E-state index < -0.39 is 11.7 Å². The maximum Gasteiger partial charge on any atom is 0.254 e. The van der Waals surface area contributed by atoms with Crippen molar-refractivity contribution in [2.45, 2.75) is 13.0 Å². The van der Waals surface area contributed by atoms with Gasteiger partial charge in [-0.05, 0) is 41.5 Å². The number of amides is 1. The van der Waals surface area contributed by atoms with Crippen LogP contribution >= 0.6 is 0 Å². The third kappa shape index (κ3) is 3.01. The van der Waals surface area contributed by atoms with Crippen molar-refractivity contribution in [3.8, 4) is 0 Å². The monoisotopic (exact) mass is 308 g/mol. The predicted molar refractivity (Wildman–Crippen MR) is 90.6 cm³/mol. The lowest BCUT2D eigenvalue weighted by Gasteiger charge is -2.17. The number of anilines is 1. The second-order valence-electron chi connectivity index (χ2n) is 5.50. The topological polar surface area (TPSA) is 55.1 Å². The lowest BCUT2D eigenvalue weighted by Crippen LogP contribution is -2.27. The average Bonchev–Trinajstić information content (AvgIpc) is 2.56. The fourth-order valence-corrected chi connectivity index (χ4v) is 2.70. The molecule has 0 bridgehead atoms. The molecule has 0 aliphatic carbocycles. The molecule has 116 valence electrons. The molecule has 1 unspecified atom stereocenters. The molecule has 3 nitrogen and oxygen atoms in total. The van der Waals surface area contributed by atoms with E-state index in [1.807, 2.05) is 49.4 Å². The van der Waals surface area contributed by atoms with Gasteiger partial charge in [-0.1, -0.05) is 42.5 Å². The number of hydrogen-bond acceptors (Lipinski definition) is 2. The van der Waals surface area contributed by atoms with Gasteiger partial charge < -0.3 is 11.1 Å². The van der Waals surface area contributed by atoms with Crippen molar-refractivity contribution in [2.75, 3.05) is 5.73 Å². The van der Waals surface area contributed by atoms with E-state index in [1.54, 1.807) is 0 Å². The number of fused-ring (bicyclic) bond motifs is 1. The smallest absolute Gasteiger partial charge is 0.254 e. The number of nitrogens with two attached hydrogens (primary N) is 1. The van der Waals surface area contributed by atoms with Gasteiger partial charge in [0.2, 0.25) is 0 Å². The summed E-state index contributed by atoms with van der Waals surface area (Å²) in [4.78, 5) is 12.3. The first-order valence-corrected chi connectivity index (χ1v) is 7.40. The van der Waals surface area contributed by atoms with Crippen molar-refractivity contribution >= 4 is 22.4 Å². The van der Waals surface area contributed by atoms with E-state index in [0.717, 1.165) is 16.3 Å². The Kier molecular flexibility index (Phi) is 3.98. The quantitative estimate of drug-likeness (QED) is 0.717. The zero-order valence-corrected chi connectivity index (χ0v) is 12.7. The van der Waals surface area contributed by atoms with Crippen LogP contribution in [0.3, 0.4) is 0 Å². The van der Waals surface area contributed by atoms with Crippen LogP contribution < -0.4 is 11.1 Å². The van der Waals surface area contributed by atoms with Gasteiger partial charge in [0.25, 0.3) is 5.91 Å². The Labute approximate surface area is 133 Å². The molecule has 4 heteroatoms. The van der Waals surface area contributed by atoms with Gasteiger partial charge in [0, 0.05) is 5.69 Å².